The number of benzene rings is 4. The molecule has 0 bridgehead atoms. The summed E-state index contributed by atoms with van der Waals surface area (Å²) < 4.78 is 28.3. The fourth-order valence-corrected chi connectivity index (χ4v) is 8.48. The Morgan fingerprint density at radius 3 is 2.08 bits per heavy atom. The van der Waals surface area contributed by atoms with Gasteiger partial charge in [-0.2, -0.15) is 0 Å². The van der Waals surface area contributed by atoms with Gasteiger partial charge in [0.2, 0.25) is 9.84 Å². The summed E-state index contributed by atoms with van der Waals surface area (Å²) in [5.74, 6) is 1.03. The predicted molar refractivity (Wildman–Crippen MR) is 149 cm³/mol. The molecule has 0 radical (unpaired) electrons. The molecule has 0 unspecified atom stereocenters. The summed E-state index contributed by atoms with van der Waals surface area (Å²) in [5, 5.41) is 0. The summed E-state index contributed by atoms with van der Waals surface area (Å²) in [6.45, 7) is 4.25. The van der Waals surface area contributed by atoms with Crippen molar-refractivity contribution < 1.29 is 8.42 Å². The average Bonchev–Trinajstić information content (AvgIpc) is 3.24. The van der Waals surface area contributed by atoms with Crippen LogP contribution in [-0.2, 0) is 15.3 Å². The number of sulfone groups is 1. The second kappa shape index (κ2) is 7.21. The van der Waals surface area contributed by atoms with Gasteiger partial charge in [-0.15, -0.1) is 0 Å². The minimum absolute atomic E-state index is 0.257. The molecule has 1 aliphatic carbocycles. The van der Waals surface area contributed by atoms with E-state index in [1.165, 1.54) is 11.1 Å². The first-order valence-electron chi connectivity index (χ1n) is 12.9. The standard InChI is InChI=1S/C33H24N2O2S/c1-20(2)21-16-17-29-28(19-21)35-31-26(13-7-15-30(31)38(29,36)37)33(27-14-8-18-34-32(27)35)24-11-5-3-9-22(24)23-10-4-6-12-25(23)33/h3-20H,1-2H3. The second-order valence-electron chi connectivity index (χ2n) is 10.6. The molecular weight excluding hydrogens is 488 g/mol. The third-order valence-corrected chi connectivity index (χ3v) is 10.3. The van der Waals surface area contributed by atoms with Crippen LogP contribution in [-0.4, -0.2) is 13.4 Å². The third-order valence-electron chi connectivity index (χ3n) is 8.45. The Morgan fingerprint density at radius 1 is 0.711 bits per heavy atom. The first-order valence-corrected chi connectivity index (χ1v) is 14.4. The molecule has 0 amide bonds. The van der Waals surface area contributed by atoms with Crippen molar-refractivity contribution >= 4 is 27.0 Å². The van der Waals surface area contributed by atoms with Crippen LogP contribution in [0.2, 0.25) is 0 Å². The Labute approximate surface area is 222 Å². The first-order chi connectivity index (χ1) is 18.5. The summed E-state index contributed by atoms with van der Waals surface area (Å²) >= 11 is 0. The second-order valence-corrected chi connectivity index (χ2v) is 12.5. The van der Waals surface area contributed by atoms with Crippen molar-refractivity contribution in [1.29, 1.82) is 0 Å². The number of fused-ring (bicyclic) bond motifs is 11. The van der Waals surface area contributed by atoms with E-state index in [-0.39, 0.29) is 5.92 Å². The molecule has 8 rings (SSSR count). The summed E-state index contributed by atoms with van der Waals surface area (Å²) in [7, 11) is -3.75. The van der Waals surface area contributed by atoms with Crippen LogP contribution in [0.3, 0.4) is 0 Å². The zero-order valence-electron chi connectivity index (χ0n) is 21.0. The fourth-order valence-electron chi connectivity index (χ4n) is 6.86. The Kier molecular flexibility index (Phi) is 4.14. The number of rotatable bonds is 1. The normalized spacial score (nSPS) is 16.4. The number of pyridine rings is 1. The Morgan fingerprint density at radius 2 is 1.37 bits per heavy atom. The highest BCUT2D eigenvalue weighted by molar-refractivity contribution is 7.92. The quantitative estimate of drug-likeness (QED) is 0.229. The van der Waals surface area contributed by atoms with E-state index in [1.807, 2.05) is 30.5 Å². The molecule has 0 N–H and O–H groups in total. The van der Waals surface area contributed by atoms with E-state index in [0.717, 1.165) is 33.6 Å². The van der Waals surface area contributed by atoms with Gasteiger partial charge >= 0.3 is 0 Å². The van der Waals surface area contributed by atoms with E-state index in [0.29, 0.717) is 21.2 Å². The molecule has 0 saturated heterocycles. The summed E-state index contributed by atoms with van der Waals surface area (Å²) in [4.78, 5) is 7.71. The van der Waals surface area contributed by atoms with E-state index < -0.39 is 15.3 Å². The Bertz CT molecular complexity index is 1900. The number of aromatic nitrogens is 1. The average molecular weight is 513 g/mol. The van der Waals surface area contributed by atoms with Crippen LogP contribution in [0.15, 0.2) is 113 Å². The van der Waals surface area contributed by atoms with Gasteiger partial charge in [-0.1, -0.05) is 86.6 Å². The van der Waals surface area contributed by atoms with Crippen molar-refractivity contribution in [2.45, 2.75) is 35.0 Å². The molecular formula is C33H24N2O2S. The highest BCUT2D eigenvalue weighted by Crippen LogP contribution is 2.65. The molecule has 184 valence electrons. The molecule has 3 aliphatic rings. The molecule has 3 heterocycles. The van der Waals surface area contributed by atoms with E-state index in [9.17, 15) is 8.42 Å². The van der Waals surface area contributed by atoms with Gasteiger partial charge in [-0.25, -0.2) is 13.4 Å². The van der Waals surface area contributed by atoms with Crippen molar-refractivity contribution in [2.75, 3.05) is 4.90 Å². The monoisotopic (exact) mass is 512 g/mol. The van der Waals surface area contributed by atoms with Gasteiger partial charge < -0.3 is 0 Å². The van der Waals surface area contributed by atoms with E-state index in [4.69, 9.17) is 4.98 Å². The number of anilines is 3. The molecule has 4 nitrogen and oxygen atoms in total. The summed E-state index contributed by atoms with van der Waals surface area (Å²) in [6.07, 6.45) is 1.81. The van der Waals surface area contributed by atoms with Crippen molar-refractivity contribution in [3.63, 3.8) is 0 Å². The maximum absolute atomic E-state index is 14.2. The topological polar surface area (TPSA) is 50.3 Å². The zero-order valence-corrected chi connectivity index (χ0v) is 21.8. The van der Waals surface area contributed by atoms with Crippen LogP contribution in [0.4, 0.5) is 17.2 Å². The molecule has 5 aromatic rings. The molecule has 0 atom stereocenters. The van der Waals surface area contributed by atoms with Gasteiger partial charge in [-0.05, 0) is 63.6 Å². The van der Waals surface area contributed by atoms with Crippen LogP contribution in [0, 0.1) is 0 Å². The van der Waals surface area contributed by atoms with Crippen LogP contribution >= 0.6 is 0 Å². The molecule has 0 saturated carbocycles. The van der Waals surface area contributed by atoms with Gasteiger partial charge in [0.15, 0.2) is 0 Å². The minimum atomic E-state index is -3.75. The molecule has 5 heteroatoms. The summed E-state index contributed by atoms with van der Waals surface area (Å²) in [6, 6.07) is 32.6. The van der Waals surface area contributed by atoms with Gasteiger partial charge in [0.05, 0.1) is 26.6 Å². The highest BCUT2D eigenvalue weighted by atomic mass is 32.2. The molecule has 1 spiro atoms. The van der Waals surface area contributed by atoms with Gasteiger partial charge in [-0.3, -0.25) is 4.90 Å². The SMILES string of the molecule is CC(C)c1ccc2c(c1)N1c3ncccc3C3(c4ccccc4-c4ccccc43)c3cccc(c31)S2(=O)=O. The minimum Gasteiger partial charge on any atom is -0.292 e. The molecule has 38 heavy (non-hydrogen) atoms. The maximum Gasteiger partial charge on any atom is 0.210 e. The lowest BCUT2D eigenvalue weighted by Gasteiger charge is -2.46. The van der Waals surface area contributed by atoms with Crippen molar-refractivity contribution in [3.8, 4) is 11.1 Å². The van der Waals surface area contributed by atoms with E-state index in [2.05, 4.69) is 79.4 Å². The molecule has 4 aromatic carbocycles. The Balaban J connectivity index is 1.59. The van der Waals surface area contributed by atoms with Gasteiger partial charge in [0.1, 0.15) is 5.82 Å². The maximum atomic E-state index is 14.2. The third kappa shape index (κ3) is 2.41. The number of hydrogen-bond acceptors (Lipinski definition) is 4. The lowest BCUT2D eigenvalue weighted by atomic mass is 9.65. The van der Waals surface area contributed by atoms with E-state index >= 15 is 0 Å². The fraction of sp³-hybridized carbons (Fsp3) is 0.121. The van der Waals surface area contributed by atoms with Gasteiger partial charge in [0.25, 0.3) is 0 Å². The number of para-hydroxylation sites is 1. The lowest BCUT2D eigenvalue weighted by molar-refractivity contribution is 0.593. The molecule has 1 aromatic heterocycles. The van der Waals surface area contributed by atoms with Crippen molar-refractivity contribution in [3.05, 3.63) is 131 Å². The predicted octanol–water partition coefficient (Wildman–Crippen LogP) is 7.50. The van der Waals surface area contributed by atoms with Crippen molar-refractivity contribution in [1.82, 2.24) is 4.98 Å². The number of hydrogen-bond donors (Lipinski definition) is 0. The van der Waals surface area contributed by atoms with Crippen molar-refractivity contribution in [2.24, 2.45) is 0 Å². The molecule has 2 aliphatic heterocycles. The highest BCUT2D eigenvalue weighted by Gasteiger charge is 2.54. The molecule has 0 fully saturated rings. The smallest absolute Gasteiger partial charge is 0.210 e. The zero-order chi connectivity index (χ0) is 25.8. The van der Waals surface area contributed by atoms with Crippen LogP contribution in [0.5, 0.6) is 0 Å². The van der Waals surface area contributed by atoms with Gasteiger partial charge in [0, 0.05) is 11.8 Å². The number of nitrogens with zero attached hydrogens (tertiary/aromatic N) is 2. The van der Waals surface area contributed by atoms with Crippen LogP contribution in [0.1, 0.15) is 47.6 Å². The van der Waals surface area contributed by atoms with Crippen LogP contribution in [0.25, 0.3) is 11.1 Å². The lowest BCUT2D eigenvalue weighted by Crippen LogP contribution is -2.39. The largest absolute Gasteiger partial charge is 0.292 e. The summed E-state index contributed by atoms with van der Waals surface area (Å²) in [5.41, 5.74) is 8.47. The Hall–Kier alpha value is -4.22. The van der Waals surface area contributed by atoms with E-state index in [1.54, 1.807) is 12.1 Å². The van der Waals surface area contributed by atoms with Crippen LogP contribution < -0.4 is 4.90 Å². The first kappa shape index (κ1) is 21.8.